The molecule has 0 saturated heterocycles. The van der Waals surface area contributed by atoms with Gasteiger partial charge in [-0.05, 0) is 42.7 Å². The number of fused-ring (bicyclic) bond motifs is 1. The van der Waals surface area contributed by atoms with Gasteiger partial charge < -0.3 is 15.4 Å². The second-order valence-corrected chi connectivity index (χ2v) is 6.27. The summed E-state index contributed by atoms with van der Waals surface area (Å²) in [7, 11) is 0. The molecule has 1 heterocycles. The van der Waals surface area contributed by atoms with Crippen molar-refractivity contribution in [1.29, 1.82) is 0 Å². The Balaban J connectivity index is 1.56. The molecule has 1 aliphatic heterocycles. The number of ether oxygens (including phenoxy) is 1. The van der Waals surface area contributed by atoms with E-state index in [1.165, 1.54) is 18.1 Å². The largest absolute Gasteiger partial charge is 0.481 e. The minimum atomic E-state index is -0.640. The van der Waals surface area contributed by atoms with Gasteiger partial charge in [0.25, 0.3) is 5.91 Å². The number of rotatable bonds is 6. The van der Waals surface area contributed by atoms with Gasteiger partial charge in [0.2, 0.25) is 0 Å². The van der Waals surface area contributed by atoms with E-state index in [0.717, 1.165) is 18.7 Å². The predicted octanol–water partition coefficient (Wildman–Crippen LogP) is 2.58. The lowest BCUT2D eigenvalue weighted by Crippen LogP contribution is -2.35. The lowest BCUT2D eigenvalue weighted by molar-refractivity contribution is -0.127. The first-order valence-corrected chi connectivity index (χ1v) is 8.39. The lowest BCUT2D eigenvalue weighted by atomic mass is 10.1. The SMILES string of the molecule is CC(=O)c1cccc(OC(C)C(=O)NCc2ccc3c(c2)CNC3)c1. The number of hydrogen-bond donors (Lipinski definition) is 2. The molecule has 0 bridgehead atoms. The molecule has 1 unspecified atom stereocenters. The van der Waals surface area contributed by atoms with E-state index in [-0.39, 0.29) is 11.7 Å². The zero-order chi connectivity index (χ0) is 17.8. The van der Waals surface area contributed by atoms with Crippen LogP contribution in [0.2, 0.25) is 0 Å². The first kappa shape index (κ1) is 17.2. The molecule has 1 atom stereocenters. The Morgan fingerprint density at radius 2 is 1.96 bits per heavy atom. The molecule has 25 heavy (non-hydrogen) atoms. The van der Waals surface area contributed by atoms with Crippen LogP contribution in [0, 0.1) is 0 Å². The third-order valence-corrected chi connectivity index (χ3v) is 4.29. The maximum Gasteiger partial charge on any atom is 0.261 e. The second-order valence-electron chi connectivity index (χ2n) is 6.27. The van der Waals surface area contributed by atoms with Crippen LogP contribution >= 0.6 is 0 Å². The summed E-state index contributed by atoms with van der Waals surface area (Å²) in [4.78, 5) is 23.7. The van der Waals surface area contributed by atoms with E-state index in [4.69, 9.17) is 4.74 Å². The van der Waals surface area contributed by atoms with E-state index in [9.17, 15) is 9.59 Å². The molecule has 5 heteroatoms. The van der Waals surface area contributed by atoms with Crippen LogP contribution in [0.5, 0.6) is 5.75 Å². The highest BCUT2D eigenvalue weighted by molar-refractivity contribution is 5.94. The average molecular weight is 338 g/mol. The van der Waals surface area contributed by atoms with Gasteiger partial charge in [-0.2, -0.15) is 0 Å². The molecule has 2 N–H and O–H groups in total. The Labute approximate surface area is 147 Å². The molecule has 0 fully saturated rings. The summed E-state index contributed by atoms with van der Waals surface area (Å²) < 4.78 is 5.66. The Hall–Kier alpha value is -2.66. The topological polar surface area (TPSA) is 67.4 Å². The van der Waals surface area contributed by atoms with E-state index < -0.39 is 6.10 Å². The van der Waals surface area contributed by atoms with Gasteiger partial charge >= 0.3 is 0 Å². The number of Topliss-reactive ketones (excluding diaryl/α,β-unsaturated/α-hetero) is 1. The van der Waals surface area contributed by atoms with Crippen molar-refractivity contribution in [3.05, 3.63) is 64.7 Å². The van der Waals surface area contributed by atoms with Gasteiger partial charge in [-0.25, -0.2) is 0 Å². The smallest absolute Gasteiger partial charge is 0.261 e. The number of hydrogen-bond acceptors (Lipinski definition) is 4. The Bertz CT molecular complexity index is 801. The molecule has 1 aliphatic rings. The molecule has 2 aromatic carbocycles. The van der Waals surface area contributed by atoms with E-state index in [2.05, 4.69) is 22.8 Å². The van der Waals surface area contributed by atoms with Crippen LogP contribution in [0.1, 0.15) is 40.9 Å². The zero-order valence-electron chi connectivity index (χ0n) is 14.5. The first-order chi connectivity index (χ1) is 12.0. The van der Waals surface area contributed by atoms with Gasteiger partial charge in [-0.1, -0.05) is 30.3 Å². The van der Waals surface area contributed by atoms with Gasteiger partial charge in [-0.3, -0.25) is 9.59 Å². The summed E-state index contributed by atoms with van der Waals surface area (Å²) in [6, 6.07) is 13.1. The van der Waals surface area contributed by atoms with Crippen LogP contribution in [0.4, 0.5) is 0 Å². The molecule has 0 aliphatic carbocycles. The third-order valence-electron chi connectivity index (χ3n) is 4.29. The van der Waals surface area contributed by atoms with Gasteiger partial charge in [0.1, 0.15) is 5.75 Å². The number of amides is 1. The summed E-state index contributed by atoms with van der Waals surface area (Å²) >= 11 is 0. The van der Waals surface area contributed by atoms with E-state index in [1.807, 2.05) is 6.07 Å². The van der Waals surface area contributed by atoms with Crippen molar-refractivity contribution in [2.24, 2.45) is 0 Å². The quantitative estimate of drug-likeness (QED) is 0.795. The molecular formula is C20H22N2O3. The van der Waals surface area contributed by atoms with Crippen LogP contribution in [0.15, 0.2) is 42.5 Å². The molecule has 5 nitrogen and oxygen atoms in total. The molecule has 3 rings (SSSR count). The van der Waals surface area contributed by atoms with E-state index >= 15 is 0 Å². The van der Waals surface area contributed by atoms with Crippen molar-refractivity contribution in [2.75, 3.05) is 0 Å². The molecule has 1 amide bonds. The average Bonchev–Trinajstić information content (AvgIpc) is 3.07. The second kappa shape index (κ2) is 7.49. The fraction of sp³-hybridized carbons (Fsp3) is 0.300. The third kappa shape index (κ3) is 4.25. The highest BCUT2D eigenvalue weighted by Crippen LogP contribution is 2.17. The molecule has 0 saturated carbocycles. The fourth-order valence-corrected chi connectivity index (χ4v) is 2.84. The van der Waals surface area contributed by atoms with Gasteiger partial charge in [0, 0.05) is 25.2 Å². The minimum Gasteiger partial charge on any atom is -0.481 e. The fourth-order valence-electron chi connectivity index (χ4n) is 2.84. The molecule has 130 valence electrons. The van der Waals surface area contributed by atoms with Crippen molar-refractivity contribution in [3.63, 3.8) is 0 Å². The van der Waals surface area contributed by atoms with Crippen molar-refractivity contribution in [3.8, 4) is 5.75 Å². The summed E-state index contributed by atoms with van der Waals surface area (Å²) in [6.45, 7) is 5.45. The normalized spacial score (nSPS) is 13.8. The summed E-state index contributed by atoms with van der Waals surface area (Å²) in [5.74, 6) is 0.291. The van der Waals surface area contributed by atoms with E-state index in [0.29, 0.717) is 17.9 Å². The lowest BCUT2D eigenvalue weighted by Gasteiger charge is -2.15. The van der Waals surface area contributed by atoms with Crippen molar-refractivity contribution in [1.82, 2.24) is 10.6 Å². The van der Waals surface area contributed by atoms with Crippen molar-refractivity contribution in [2.45, 2.75) is 39.6 Å². The highest BCUT2D eigenvalue weighted by atomic mass is 16.5. The maximum absolute atomic E-state index is 12.3. The Morgan fingerprint density at radius 3 is 2.76 bits per heavy atom. The zero-order valence-corrected chi connectivity index (χ0v) is 14.5. The Morgan fingerprint density at radius 1 is 1.16 bits per heavy atom. The van der Waals surface area contributed by atoms with Crippen LogP contribution < -0.4 is 15.4 Å². The molecular weight excluding hydrogens is 316 g/mol. The Kier molecular flexibility index (Phi) is 5.14. The summed E-state index contributed by atoms with van der Waals surface area (Å²) in [5.41, 5.74) is 4.24. The molecule has 0 aromatic heterocycles. The minimum absolute atomic E-state index is 0.0337. The number of benzene rings is 2. The molecule has 0 spiro atoms. The number of carbonyl (C=O) groups excluding carboxylic acids is 2. The van der Waals surface area contributed by atoms with Crippen LogP contribution in [-0.4, -0.2) is 17.8 Å². The van der Waals surface area contributed by atoms with Crippen LogP contribution in [0.3, 0.4) is 0 Å². The van der Waals surface area contributed by atoms with Gasteiger partial charge in [0.05, 0.1) is 0 Å². The van der Waals surface area contributed by atoms with Crippen LogP contribution in [-0.2, 0) is 24.4 Å². The predicted molar refractivity (Wildman–Crippen MR) is 95.4 cm³/mol. The van der Waals surface area contributed by atoms with Crippen molar-refractivity contribution >= 4 is 11.7 Å². The van der Waals surface area contributed by atoms with Gasteiger partial charge in [-0.15, -0.1) is 0 Å². The molecule has 0 radical (unpaired) electrons. The van der Waals surface area contributed by atoms with E-state index in [1.54, 1.807) is 31.2 Å². The number of ketones is 1. The molecule has 2 aromatic rings. The first-order valence-electron chi connectivity index (χ1n) is 8.39. The number of carbonyl (C=O) groups is 2. The van der Waals surface area contributed by atoms with Crippen molar-refractivity contribution < 1.29 is 14.3 Å². The number of nitrogens with one attached hydrogen (secondary N) is 2. The summed E-state index contributed by atoms with van der Waals surface area (Å²) in [5, 5.41) is 6.20. The standard InChI is InChI=1S/C20H22N2O3/c1-13(23)16-4-3-5-19(9-16)25-14(2)20(24)22-10-15-6-7-17-11-21-12-18(17)8-15/h3-9,14,21H,10-12H2,1-2H3,(H,22,24). The van der Waals surface area contributed by atoms with Crippen LogP contribution in [0.25, 0.3) is 0 Å². The monoisotopic (exact) mass is 338 g/mol. The maximum atomic E-state index is 12.3. The van der Waals surface area contributed by atoms with Gasteiger partial charge in [0.15, 0.2) is 11.9 Å². The summed E-state index contributed by atoms with van der Waals surface area (Å²) in [6.07, 6.45) is -0.640. The highest BCUT2D eigenvalue weighted by Gasteiger charge is 2.16.